The minimum absolute atomic E-state index is 0.0758. The second-order valence-corrected chi connectivity index (χ2v) is 3.90. The van der Waals surface area contributed by atoms with Crippen molar-refractivity contribution >= 4 is 21.8 Å². The second-order valence-electron chi connectivity index (χ2n) is 3.34. The summed E-state index contributed by atoms with van der Waals surface area (Å²) in [4.78, 5) is 13.3. The number of halogens is 1. The van der Waals surface area contributed by atoms with Crippen molar-refractivity contribution in [2.75, 3.05) is 25.0 Å². The van der Waals surface area contributed by atoms with Crippen LogP contribution in [0.15, 0.2) is 0 Å². The van der Waals surface area contributed by atoms with E-state index in [1.165, 1.54) is 12.8 Å². The third kappa shape index (κ3) is 4.09. The first-order valence-electron chi connectivity index (χ1n) is 4.84. The summed E-state index contributed by atoms with van der Waals surface area (Å²) < 4.78 is 0. The Morgan fingerprint density at radius 1 is 1.62 bits per heavy atom. The molecule has 1 saturated carbocycles. The Balaban J connectivity index is 2.05. The Hall–Kier alpha value is -0.0900. The molecule has 0 radical (unpaired) electrons. The third-order valence-corrected chi connectivity index (χ3v) is 2.82. The molecule has 1 rings (SSSR count). The Morgan fingerprint density at radius 3 is 2.77 bits per heavy atom. The number of carbonyl (C=O) groups is 1. The highest BCUT2D eigenvalue weighted by atomic mass is 79.9. The lowest BCUT2D eigenvalue weighted by Gasteiger charge is -2.19. The van der Waals surface area contributed by atoms with E-state index in [0.29, 0.717) is 5.33 Å². The lowest BCUT2D eigenvalue weighted by molar-refractivity contribution is -0.118. The predicted molar refractivity (Wildman–Crippen MR) is 57.1 cm³/mol. The van der Waals surface area contributed by atoms with Crippen LogP contribution in [0, 0.1) is 0 Å². The number of rotatable bonds is 6. The van der Waals surface area contributed by atoms with E-state index < -0.39 is 0 Å². The molecule has 0 bridgehead atoms. The molecule has 0 saturated heterocycles. The molecule has 0 unspecified atom stereocenters. The normalized spacial score (nSPS) is 16.2. The van der Waals surface area contributed by atoms with Crippen LogP contribution in [0.1, 0.15) is 19.8 Å². The van der Waals surface area contributed by atoms with Crippen molar-refractivity contribution in [3.63, 3.8) is 0 Å². The number of amides is 1. The van der Waals surface area contributed by atoms with Gasteiger partial charge in [-0.05, 0) is 19.4 Å². The molecule has 1 aliphatic carbocycles. The highest BCUT2D eigenvalue weighted by Crippen LogP contribution is 2.25. The summed E-state index contributed by atoms with van der Waals surface area (Å²) in [6, 6.07) is 0.797. The van der Waals surface area contributed by atoms with Crippen molar-refractivity contribution in [1.82, 2.24) is 10.2 Å². The van der Waals surface area contributed by atoms with Gasteiger partial charge in [0.15, 0.2) is 0 Å². The zero-order valence-corrected chi connectivity index (χ0v) is 9.64. The maximum atomic E-state index is 10.9. The van der Waals surface area contributed by atoms with Gasteiger partial charge in [-0.1, -0.05) is 22.9 Å². The topological polar surface area (TPSA) is 32.3 Å². The fraction of sp³-hybridized carbons (Fsp3) is 0.889. The molecular weight excluding hydrogens is 232 g/mol. The maximum Gasteiger partial charge on any atom is 0.230 e. The summed E-state index contributed by atoms with van der Waals surface area (Å²) in [7, 11) is 0. The van der Waals surface area contributed by atoms with Gasteiger partial charge < -0.3 is 5.32 Å². The van der Waals surface area contributed by atoms with Gasteiger partial charge >= 0.3 is 0 Å². The van der Waals surface area contributed by atoms with Crippen LogP contribution in [0.5, 0.6) is 0 Å². The van der Waals surface area contributed by atoms with E-state index in [9.17, 15) is 4.79 Å². The van der Waals surface area contributed by atoms with Gasteiger partial charge in [0.1, 0.15) is 0 Å². The first-order valence-corrected chi connectivity index (χ1v) is 5.96. The Kier molecular flexibility index (Phi) is 4.73. The van der Waals surface area contributed by atoms with Crippen molar-refractivity contribution in [1.29, 1.82) is 0 Å². The molecule has 0 heterocycles. The number of alkyl halides is 1. The Bertz CT molecular complexity index is 171. The molecule has 0 spiro atoms. The number of likely N-dealkylation sites (N-methyl/N-ethyl adjacent to an activating group) is 1. The van der Waals surface area contributed by atoms with Gasteiger partial charge in [-0.2, -0.15) is 0 Å². The van der Waals surface area contributed by atoms with E-state index in [-0.39, 0.29) is 5.91 Å². The van der Waals surface area contributed by atoms with Crippen molar-refractivity contribution in [2.24, 2.45) is 0 Å². The van der Waals surface area contributed by atoms with Gasteiger partial charge in [0.2, 0.25) is 5.91 Å². The van der Waals surface area contributed by atoms with E-state index >= 15 is 0 Å². The van der Waals surface area contributed by atoms with E-state index in [4.69, 9.17) is 0 Å². The quantitative estimate of drug-likeness (QED) is 0.712. The van der Waals surface area contributed by atoms with Gasteiger partial charge in [0.25, 0.3) is 0 Å². The molecule has 1 amide bonds. The minimum Gasteiger partial charge on any atom is -0.354 e. The standard InChI is InChI=1S/C9H17BrN2O/c1-2-12(8-3-4-8)6-5-11-9(13)7-10/h8H,2-7H2,1H3,(H,11,13). The fourth-order valence-electron chi connectivity index (χ4n) is 1.42. The Morgan fingerprint density at radius 2 is 2.31 bits per heavy atom. The number of hydrogen-bond acceptors (Lipinski definition) is 2. The van der Waals surface area contributed by atoms with Gasteiger partial charge in [-0.3, -0.25) is 9.69 Å². The number of hydrogen-bond donors (Lipinski definition) is 1. The minimum atomic E-state index is 0.0758. The molecule has 13 heavy (non-hydrogen) atoms. The van der Waals surface area contributed by atoms with E-state index in [2.05, 4.69) is 33.1 Å². The van der Waals surface area contributed by atoms with Gasteiger partial charge in [0.05, 0.1) is 5.33 Å². The molecule has 0 atom stereocenters. The van der Waals surface area contributed by atoms with E-state index in [1.807, 2.05) is 0 Å². The van der Waals surface area contributed by atoms with Crippen LogP contribution >= 0.6 is 15.9 Å². The SMILES string of the molecule is CCN(CCNC(=O)CBr)C1CC1. The van der Waals surface area contributed by atoms with Crippen LogP contribution in [0.25, 0.3) is 0 Å². The third-order valence-electron chi connectivity index (χ3n) is 2.31. The molecule has 0 aliphatic heterocycles. The smallest absolute Gasteiger partial charge is 0.230 e. The lowest BCUT2D eigenvalue weighted by Crippen LogP contribution is -2.36. The van der Waals surface area contributed by atoms with Crippen molar-refractivity contribution in [3.05, 3.63) is 0 Å². The maximum absolute atomic E-state index is 10.9. The average Bonchev–Trinajstić information content (AvgIpc) is 2.95. The molecular formula is C9H17BrN2O. The molecule has 4 heteroatoms. The van der Waals surface area contributed by atoms with Crippen LogP contribution in [-0.4, -0.2) is 41.8 Å². The molecule has 76 valence electrons. The highest BCUT2D eigenvalue weighted by Gasteiger charge is 2.27. The van der Waals surface area contributed by atoms with Crippen LogP contribution in [0.4, 0.5) is 0 Å². The summed E-state index contributed by atoms with van der Waals surface area (Å²) >= 11 is 3.11. The van der Waals surface area contributed by atoms with E-state index in [0.717, 1.165) is 25.7 Å². The first-order chi connectivity index (χ1) is 6.27. The van der Waals surface area contributed by atoms with Gasteiger partial charge in [-0.15, -0.1) is 0 Å². The lowest BCUT2D eigenvalue weighted by atomic mass is 10.4. The molecule has 0 aromatic rings. The molecule has 3 nitrogen and oxygen atoms in total. The Labute approximate surface area is 88.0 Å². The van der Waals surface area contributed by atoms with Crippen LogP contribution in [-0.2, 0) is 4.79 Å². The zero-order chi connectivity index (χ0) is 9.68. The summed E-state index contributed by atoms with van der Waals surface area (Å²) in [6.07, 6.45) is 2.67. The first kappa shape index (κ1) is 11.0. The summed E-state index contributed by atoms with van der Waals surface area (Å²) in [5.74, 6) is 0.0758. The van der Waals surface area contributed by atoms with Crippen LogP contribution < -0.4 is 5.32 Å². The molecule has 1 N–H and O–H groups in total. The molecule has 0 aromatic heterocycles. The molecule has 1 fully saturated rings. The summed E-state index contributed by atoms with van der Waals surface area (Å²) in [6.45, 7) is 5.02. The largest absolute Gasteiger partial charge is 0.354 e. The van der Waals surface area contributed by atoms with E-state index in [1.54, 1.807) is 0 Å². The van der Waals surface area contributed by atoms with Crippen LogP contribution in [0.2, 0.25) is 0 Å². The molecule has 0 aromatic carbocycles. The van der Waals surface area contributed by atoms with Gasteiger partial charge in [0, 0.05) is 19.1 Å². The number of carbonyl (C=O) groups excluding carboxylic acids is 1. The van der Waals surface area contributed by atoms with Gasteiger partial charge in [-0.25, -0.2) is 0 Å². The number of nitrogens with one attached hydrogen (secondary N) is 1. The molecule has 1 aliphatic rings. The van der Waals surface area contributed by atoms with Crippen molar-refractivity contribution < 1.29 is 4.79 Å². The highest BCUT2D eigenvalue weighted by molar-refractivity contribution is 9.09. The van der Waals surface area contributed by atoms with Crippen LogP contribution in [0.3, 0.4) is 0 Å². The second kappa shape index (κ2) is 5.60. The fourth-order valence-corrected chi connectivity index (χ4v) is 1.62. The zero-order valence-electron chi connectivity index (χ0n) is 8.05. The predicted octanol–water partition coefficient (Wildman–Crippen LogP) is 0.982. The van der Waals surface area contributed by atoms with Crippen molar-refractivity contribution in [3.8, 4) is 0 Å². The number of nitrogens with zero attached hydrogens (tertiary/aromatic N) is 1. The monoisotopic (exact) mass is 248 g/mol. The van der Waals surface area contributed by atoms with Crippen molar-refractivity contribution in [2.45, 2.75) is 25.8 Å². The summed E-state index contributed by atoms with van der Waals surface area (Å²) in [5.41, 5.74) is 0. The average molecular weight is 249 g/mol. The summed E-state index contributed by atoms with van der Waals surface area (Å²) in [5, 5.41) is 3.26.